The van der Waals surface area contributed by atoms with Crippen LogP contribution < -0.4 is 16.4 Å². The van der Waals surface area contributed by atoms with Crippen LogP contribution in [0.4, 0.5) is 4.79 Å². The van der Waals surface area contributed by atoms with Gasteiger partial charge in [0.25, 0.3) is 0 Å². The topological polar surface area (TPSA) is 84.2 Å². The van der Waals surface area contributed by atoms with Crippen LogP contribution in [0.15, 0.2) is 0 Å². The van der Waals surface area contributed by atoms with Crippen molar-refractivity contribution in [3.05, 3.63) is 0 Å². The summed E-state index contributed by atoms with van der Waals surface area (Å²) in [5, 5.41) is 5.26. The van der Waals surface area contributed by atoms with Crippen LogP contribution in [0.3, 0.4) is 0 Å². The maximum absolute atomic E-state index is 10.8. The van der Waals surface area contributed by atoms with E-state index in [1.54, 1.807) is 0 Å². The number of hydrogen-bond acceptors (Lipinski definition) is 2. The van der Waals surface area contributed by atoms with Crippen LogP contribution in [0.2, 0.25) is 0 Å². The van der Waals surface area contributed by atoms with E-state index >= 15 is 0 Å². The highest BCUT2D eigenvalue weighted by Crippen LogP contribution is 1.91. The fourth-order valence-electron chi connectivity index (χ4n) is 0.849. The van der Waals surface area contributed by atoms with Crippen molar-refractivity contribution in [1.29, 1.82) is 0 Å². The molecule has 0 radical (unpaired) electrons. The Kier molecular flexibility index (Phi) is 6.68. The molecule has 0 saturated carbocycles. The van der Waals surface area contributed by atoms with Crippen LogP contribution in [0, 0.1) is 0 Å². The van der Waals surface area contributed by atoms with Crippen molar-refractivity contribution >= 4 is 11.9 Å². The van der Waals surface area contributed by atoms with E-state index in [1.165, 1.54) is 0 Å². The maximum Gasteiger partial charge on any atom is 0.314 e. The average Bonchev–Trinajstić information content (AvgIpc) is 2.03. The molecule has 0 unspecified atom stereocenters. The first-order chi connectivity index (χ1) is 6.16. The summed E-state index contributed by atoms with van der Waals surface area (Å²) >= 11 is 0. The molecule has 76 valence electrons. The van der Waals surface area contributed by atoms with Crippen molar-refractivity contribution in [3.63, 3.8) is 0 Å². The van der Waals surface area contributed by atoms with Gasteiger partial charge in [0.15, 0.2) is 0 Å². The molecule has 0 fully saturated rings. The minimum absolute atomic E-state index is 0.165. The summed E-state index contributed by atoms with van der Waals surface area (Å²) in [6.45, 7) is 3.05. The third kappa shape index (κ3) is 8.65. The Morgan fingerprint density at radius 3 is 2.46 bits per heavy atom. The Morgan fingerprint density at radius 1 is 1.23 bits per heavy atom. The Labute approximate surface area is 78.1 Å². The van der Waals surface area contributed by atoms with E-state index in [-0.39, 0.29) is 11.9 Å². The number of amides is 3. The van der Waals surface area contributed by atoms with Crippen LogP contribution in [0.1, 0.15) is 26.2 Å². The average molecular weight is 187 g/mol. The van der Waals surface area contributed by atoms with Crippen LogP contribution in [0.25, 0.3) is 0 Å². The van der Waals surface area contributed by atoms with E-state index in [0.29, 0.717) is 19.5 Å². The van der Waals surface area contributed by atoms with Crippen molar-refractivity contribution in [2.45, 2.75) is 26.2 Å². The minimum atomic E-state index is -0.294. The highest BCUT2D eigenvalue weighted by molar-refractivity contribution is 5.74. The molecular weight excluding hydrogens is 170 g/mol. The van der Waals surface area contributed by atoms with Crippen LogP contribution in [-0.2, 0) is 4.79 Å². The quantitative estimate of drug-likeness (QED) is 0.510. The zero-order chi connectivity index (χ0) is 10.1. The largest absolute Gasteiger partial charge is 0.370 e. The van der Waals surface area contributed by atoms with E-state index < -0.39 is 0 Å². The molecule has 0 bridgehead atoms. The van der Waals surface area contributed by atoms with E-state index in [0.717, 1.165) is 12.8 Å². The molecular formula is C8H17N3O2. The highest BCUT2D eigenvalue weighted by Gasteiger charge is 1.97. The fraction of sp³-hybridized carbons (Fsp3) is 0.750. The van der Waals surface area contributed by atoms with Gasteiger partial charge in [0, 0.05) is 19.5 Å². The number of nitrogens with two attached hydrogens (primary N) is 1. The standard InChI is InChI=1S/C8H17N3O2/c1-2-10-8(13)11-6-4-3-5-7(9)12/h2-6H2,1H3,(H2,9,12)(H2,10,11,13). The van der Waals surface area contributed by atoms with Crippen LogP contribution in [-0.4, -0.2) is 25.0 Å². The molecule has 0 aliphatic carbocycles. The van der Waals surface area contributed by atoms with Gasteiger partial charge in [-0.15, -0.1) is 0 Å². The molecule has 0 heterocycles. The van der Waals surface area contributed by atoms with Crippen molar-refractivity contribution < 1.29 is 9.59 Å². The monoisotopic (exact) mass is 187 g/mol. The SMILES string of the molecule is CCNC(=O)NCCCCC(N)=O. The Bertz CT molecular complexity index is 171. The number of primary amides is 1. The predicted octanol–water partition coefficient (Wildman–Crippen LogP) is -0.0389. The zero-order valence-corrected chi connectivity index (χ0v) is 7.93. The summed E-state index contributed by atoms with van der Waals surface area (Å²) in [6, 6.07) is -0.165. The van der Waals surface area contributed by atoms with E-state index in [1.807, 2.05) is 6.92 Å². The molecule has 0 aliphatic rings. The molecule has 0 rings (SSSR count). The van der Waals surface area contributed by atoms with E-state index in [4.69, 9.17) is 5.73 Å². The number of hydrogen-bond donors (Lipinski definition) is 3. The Balaban J connectivity index is 3.16. The van der Waals surface area contributed by atoms with Crippen molar-refractivity contribution in [1.82, 2.24) is 10.6 Å². The molecule has 5 nitrogen and oxygen atoms in total. The van der Waals surface area contributed by atoms with Crippen LogP contribution in [0.5, 0.6) is 0 Å². The number of urea groups is 1. The van der Waals surface area contributed by atoms with E-state index in [2.05, 4.69) is 10.6 Å². The Morgan fingerprint density at radius 2 is 1.92 bits per heavy atom. The zero-order valence-electron chi connectivity index (χ0n) is 7.93. The van der Waals surface area contributed by atoms with Gasteiger partial charge in [-0.3, -0.25) is 4.79 Å². The molecule has 5 heteroatoms. The van der Waals surface area contributed by atoms with Crippen molar-refractivity contribution in [3.8, 4) is 0 Å². The number of carbonyl (C=O) groups excluding carboxylic acids is 2. The maximum atomic E-state index is 10.8. The normalized spacial score (nSPS) is 9.31. The molecule has 0 aromatic carbocycles. The van der Waals surface area contributed by atoms with Gasteiger partial charge in [0.2, 0.25) is 5.91 Å². The molecule has 4 N–H and O–H groups in total. The minimum Gasteiger partial charge on any atom is -0.370 e. The van der Waals surface area contributed by atoms with Gasteiger partial charge in [0.05, 0.1) is 0 Å². The molecule has 0 aliphatic heterocycles. The molecule has 13 heavy (non-hydrogen) atoms. The van der Waals surface area contributed by atoms with Gasteiger partial charge in [-0.25, -0.2) is 4.79 Å². The first kappa shape index (κ1) is 11.7. The highest BCUT2D eigenvalue weighted by atomic mass is 16.2. The molecule has 0 aromatic heterocycles. The summed E-state index contributed by atoms with van der Waals surface area (Å²) in [5.74, 6) is -0.294. The third-order valence-electron chi connectivity index (χ3n) is 1.47. The lowest BCUT2D eigenvalue weighted by Gasteiger charge is -2.04. The third-order valence-corrected chi connectivity index (χ3v) is 1.47. The Hall–Kier alpha value is -1.26. The molecule has 0 saturated heterocycles. The lowest BCUT2D eigenvalue weighted by molar-refractivity contribution is -0.118. The molecule has 3 amide bonds. The fourth-order valence-corrected chi connectivity index (χ4v) is 0.849. The lowest BCUT2D eigenvalue weighted by Crippen LogP contribution is -2.35. The number of nitrogens with one attached hydrogen (secondary N) is 2. The predicted molar refractivity (Wildman–Crippen MR) is 50.1 cm³/mol. The molecule has 0 aromatic rings. The summed E-state index contributed by atoms with van der Waals surface area (Å²) in [5.41, 5.74) is 4.94. The summed E-state index contributed by atoms with van der Waals surface area (Å²) in [6.07, 6.45) is 1.89. The van der Waals surface area contributed by atoms with E-state index in [9.17, 15) is 9.59 Å². The van der Waals surface area contributed by atoms with Gasteiger partial charge in [-0.05, 0) is 19.8 Å². The second-order valence-electron chi connectivity index (χ2n) is 2.71. The molecule has 0 atom stereocenters. The second-order valence-corrected chi connectivity index (χ2v) is 2.71. The van der Waals surface area contributed by atoms with Gasteiger partial charge >= 0.3 is 6.03 Å². The molecule has 0 spiro atoms. The number of rotatable bonds is 6. The lowest BCUT2D eigenvalue weighted by atomic mass is 10.2. The smallest absolute Gasteiger partial charge is 0.314 e. The van der Waals surface area contributed by atoms with Gasteiger partial charge in [-0.2, -0.15) is 0 Å². The van der Waals surface area contributed by atoms with Gasteiger partial charge in [0.1, 0.15) is 0 Å². The van der Waals surface area contributed by atoms with Crippen molar-refractivity contribution in [2.24, 2.45) is 5.73 Å². The van der Waals surface area contributed by atoms with Crippen LogP contribution >= 0.6 is 0 Å². The van der Waals surface area contributed by atoms with Gasteiger partial charge < -0.3 is 16.4 Å². The summed E-state index contributed by atoms with van der Waals surface area (Å²) in [4.78, 5) is 21.1. The number of carbonyl (C=O) groups is 2. The first-order valence-corrected chi connectivity index (χ1v) is 4.46. The second kappa shape index (κ2) is 7.39. The summed E-state index contributed by atoms with van der Waals surface area (Å²) < 4.78 is 0. The van der Waals surface area contributed by atoms with Crippen molar-refractivity contribution in [2.75, 3.05) is 13.1 Å². The van der Waals surface area contributed by atoms with Gasteiger partial charge in [-0.1, -0.05) is 0 Å². The first-order valence-electron chi connectivity index (χ1n) is 4.46. The number of unbranched alkanes of at least 4 members (excludes halogenated alkanes) is 1. The summed E-state index contributed by atoms with van der Waals surface area (Å²) in [7, 11) is 0.